The molecule has 0 saturated carbocycles. The number of hydrogen-bond donors (Lipinski definition) is 1. The van der Waals surface area contributed by atoms with Gasteiger partial charge in [0.05, 0.1) is 36.9 Å². The minimum Gasteiger partial charge on any atom is -0.465 e. The number of H-pyrrole nitrogens is 1. The number of benzene rings is 1. The maximum absolute atomic E-state index is 13.3. The van der Waals surface area contributed by atoms with E-state index in [0.717, 1.165) is 0 Å². The molecule has 140 valence electrons. The number of hydrogen-bond acceptors (Lipinski definition) is 6. The normalized spacial score (nSPS) is 10.9. The summed E-state index contributed by atoms with van der Waals surface area (Å²) in [6.07, 6.45) is 0. The standard InChI is InChI=1S/C18H16FN3O4S/c1-25-8-7-22-15-14(16(23)21-18(22)27)12(17(24)26-2)9-13(20-15)10-3-5-11(19)6-4-10/h3-6,9H,7-8H2,1-2H3,(H,21,23,27). The van der Waals surface area contributed by atoms with Gasteiger partial charge in [0, 0.05) is 12.7 Å². The summed E-state index contributed by atoms with van der Waals surface area (Å²) in [6.45, 7) is 0.647. The van der Waals surface area contributed by atoms with Gasteiger partial charge in [-0.05, 0) is 42.5 Å². The average molecular weight is 389 g/mol. The summed E-state index contributed by atoms with van der Waals surface area (Å²) in [5, 5.41) is 0.0671. The molecule has 0 saturated heterocycles. The van der Waals surface area contributed by atoms with Crippen molar-refractivity contribution in [2.45, 2.75) is 6.54 Å². The Balaban J connectivity index is 2.39. The molecule has 0 spiro atoms. The highest BCUT2D eigenvalue weighted by atomic mass is 32.1. The molecule has 0 amide bonds. The first-order valence-electron chi connectivity index (χ1n) is 7.97. The van der Waals surface area contributed by atoms with Crippen LogP contribution in [0.4, 0.5) is 4.39 Å². The molecule has 3 aromatic rings. The van der Waals surface area contributed by atoms with Crippen molar-refractivity contribution in [2.24, 2.45) is 0 Å². The van der Waals surface area contributed by atoms with Crippen molar-refractivity contribution >= 4 is 29.2 Å². The molecule has 0 bridgehead atoms. The topological polar surface area (TPSA) is 86.2 Å². The van der Waals surface area contributed by atoms with Crippen molar-refractivity contribution in [1.29, 1.82) is 0 Å². The Hall–Kier alpha value is -2.91. The maximum Gasteiger partial charge on any atom is 0.338 e. The molecule has 0 unspecified atom stereocenters. The summed E-state index contributed by atoms with van der Waals surface area (Å²) in [5.74, 6) is -1.08. The van der Waals surface area contributed by atoms with Crippen LogP contribution < -0.4 is 5.56 Å². The van der Waals surface area contributed by atoms with E-state index in [1.54, 1.807) is 4.57 Å². The summed E-state index contributed by atoms with van der Waals surface area (Å²) in [5.41, 5.74) is 0.691. The highest BCUT2D eigenvalue weighted by molar-refractivity contribution is 7.71. The van der Waals surface area contributed by atoms with E-state index >= 15 is 0 Å². The number of aromatic nitrogens is 3. The van der Waals surface area contributed by atoms with Crippen molar-refractivity contribution in [2.75, 3.05) is 20.8 Å². The molecule has 9 heteroatoms. The molecule has 3 rings (SSSR count). The van der Waals surface area contributed by atoms with Crippen molar-refractivity contribution in [3.8, 4) is 11.3 Å². The third-order valence-corrected chi connectivity index (χ3v) is 4.34. The van der Waals surface area contributed by atoms with E-state index in [9.17, 15) is 14.0 Å². The lowest BCUT2D eigenvalue weighted by Gasteiger charge is -2.13. The third-order valence-electron chi connectivity index (χ3n) is 4.01. The number of pyridine rings is 1. The van der Waals surface area contributed by atoms with Crippen LogP contribution in [-0.4, -0.2) is 41.3 Å². The van der Waals surface area contributed by atoms with E-state index < -0.39 is 17.3 Å². The van der Waals surface area contributed by atoms with Crippen LogP contribution in [0, 0.1) is 10.6 Å². The quantitative estimate of drug-likeness (QED) is 0.533. The Kier molecular flexibility index (Phi) is 5.43. The van der Waals surface area contributed by atoms with Crippen LogP contribution >= 0.6 is 12.2 Å². The van der Waals surface area contributed by atoms with E-state index in [1.807, 2.05) is 0 Å². The van der Waals surface area contributed by atoms with Gasteiger partial charge in [0.15, 0.2) is 4.77 Å². The molecular formula is C18H16FN3O4S. The van der Waals surface area contributed by atoms with Crippen molar-refractivity contribution in [3.63, 3.8) is 0 Å². The summed E-state index contributed by atoms with van der Waals surface area (Å²) in [7, 11) is 2.76. The molecule has 1 aromatic carbocycles. The van der Waals surface area contributed by atoms with Crippen molar-refractivity contribution < 1.29 is 18.7 Å². The Morgan fingerprint density at radius 1 is 1.30 bits per heavy atom. The number of methoxy groups -OCH3 is 2. The first-order chi connectivity index (χ1) is 13.0. The summed E-state index contributed by atoms with van der Waals surface area (Å²) in [6, 6.07) is 7.08. The van der Waals surface area contributed by atoms with Crippen LogP contribution in [0.5, 0.6) is 0 Å². The van der Waals surface area contributed by atoms with Gasteiger partial charge in [-0.3, -0.25) is 9.78 Å². The van der Waals surface area contributed by atoms with Gasteiger partial charge in [-0.1, -0.05) is 0 Å². The lowest BCUT2D eigenvalue weighted by atomic mass is 10.1. The molecule has 7 nitrogen and oxygen atoms in total. The molecule has 0 aliphatic heterocycles. The monoisotopic (exact) mass is 389 g/mol. The zero-order chi connectivity index (χ0) is 19.6. The molecule has 0 fully saturated rings. The number of carbonyl (C=O) groups excluding carboxylic acids is 1. The number of esters is 1. The number of nitrogens with zero attached hydrogens (tertiary/aromatic N) is 2. The number of aromatic amines is 1. The van der Waals surface area contributed by atoms with E-state index in [0.29, 0.717) is 24.4 Å². The van der Waals surface area contributed by atoms with Crippen molar-refractivity contribution in [1.82, 2.24) is 14.5 Å². The van der Waals surface area contributed by atoms with Gasteiger partial charge < -0.3 is 14.0 Å². The maximum atomic E-state index is 13.3. The highest BCUT2D eigenvalue weighted by Crippen LogP contribution is 2.24. The number of halogens is 1. The van der Waals surface area contributed by atoms with Crippen LogP contribution in [0.15, 0.2) is 35.1 Å². The van der Waals surface area contributed by atoms with E-state index in [2.05, 4.69) is 9.97 Å². The molecular weight excluding hydrogens is 373 g/mol. The lowest BCUT2D eigenvalue weighted by molar-refractivity contribution is 0.0603. The van der Waals surface area contributed by atoms with Crippen LogP contribution in [0.1, 0.15) is 10.4 Å². The number of fused-ring (bicyclic) bond motifs is 1. The Labute approximate surface area is 158 Å². The van der Waals surface area contributed by atoms with Gasteiger partial charge in [0.1, 0.15) is 11.5 Å². The number of ether oxygens (including phenoxy) is 2. The molecule has 1 N–H and O–H groups in total. The van der Waals surface area contributed by atoms with Gasteiger partial charge in [0.25, 0.3) is 5.56 Å². The number of rotatable bonds is 5. The second kappa shape index (κ2) is 7.77. The molecule has 27 heavy (non-hydrogen) atoms. The van der Waals surface area contributed by atoms with E-state index in [1.165, 1.54) is 44.6 Å². The van der Waals surface area contributed by atoms with Gasteiger partial charge in [-0.15, -0.1) is 0 Å². The summed E-state index contributed by atoms with van der Waals surface area (Å²) < 4.78 is 24.9. The summed E-state index contributed by atoms with van der Waals surface area (Å²) >= 11 is 5.24. The van der Waals surface area contributed by atoms with Crippen LogP contribution in [-0.2, 0) is 16.0 Å². The zero-order valence-corrected chi connectivity index (χ0v) is 15.4. The second-order valence-corrected chi connectivity index (χ2v) is 6.04. The highest BCUT2D eigenvalue weighted by Gasteiger charge is 2.20. The van der Waals surface area contributed by atoms with Crippen LogP contribution in [0.3, 0.4) is 0 Å². The fraction of sp³-hybridized carbons (Fsp3) is 0.222. The van der Waals surface area contributed by atoms with Gasteiger partial charge in [-0.25, -0.2) is 14.2 Å². The Morgan fingerprint density at radius 3 is 2.63 bits per heavy atom. The smallest absolute Gasteiger partial charge is 0.338 e. The molecule has 0 atom stereocenters. The fourth-order valence-electron chi connectivity index (χ4n) is 2.70. The largest absolute Gasteiger partial charge is 0.465 e. The van der Waals surface area contributed by atoms with Gasteiger partial charge >= 0.3 is 5.97 Å². The molecule has 2 heterocycles. The number of nitrogens with one attached hydrogen (secondary N) is 1. The van der Waals surface area contributed by atoms with Crippen LogP contribution in [0.2, 0.25) is 0 Å². The second-order valence-electron chi connectivity index (χ2n) is 5.66. The predicted octanol–water partition coefficient (Wildman–Crippen LogP) is 2.69. The molecule has 0 aliphatic rings. The first kappa shape index (κ1) is 18.9. The zero-order valence-electron chi connectivity index (χ0n) is 14.6. The first-order valence-corrected chi connectivity index (χ1v) is 8.38. The van der Waals surface area contributed by atoms with Gasteiger partial charge in [0.2, 0.25) is 0 Å². The molecule has 0 radical (unpaired) electrons. The minimum atomic E-state index is -0.688. The Morgan fingerprint density at radius 2 is 2.00 bits per heavy atom. The molecule has 0 aliphatic carbocycles. The SMILES string of the molecule is COCCn1c(=S)[nH]c(=O)c2c(C(=O)OC)cc(-c3ccc(F)cc3)nc21. The number of carbonyl (C=O) groups is 1. The predicted molar refractivity (Wildman–Crippen MR) is 99.8 cm³/mol. The third kappa shape index (κ3) is 3.64. The fourth-order valence-corrected chi connectivity index (χ4v) is 2.97. The van der Waals surface area contributed by atoms with Gasteiger partial charge in [-0.2, -0.15) is 0 Å². The average Bonchev–Trinajstić information content (AvgIpc) is 2.66. The van der Waals surface area contributed by atoms with Crippen LogP contribution in [0.25, 0.3) is 22.3 Å². The molecule has 2 aromatic heterocycles. The minimum absolute atomic E-state index is 0.0456. The van der Waals surface area contributed by atoms with Crippen molar-refractivity contribution in [3.05, 3.63) is 56.8 Å². The van der Waals surface area contributed by atoms with E-state index in [4.69, 9.17) is 21.7 Å². The van der Waals surface area contributed by atoms with E-state index in [-0.39, 0.29) is 21.4 Å². The lowest BCUT2D eigenvalue weighted by Crippen LogP contribution is -2.20. The Bertz CT molecular complexity index is 1120. The summed E-state index contributed by atoms with van der Waals surface area (Å²) in [4.78, 5) is 31.9.